The van der Waals surface area contributed by atoms with Crippen LogP contribution >= 0.6 is 0 Å². The zero-order chi connectivity index (χ0) is 13.2. The van der Waals surface area contributed by atoms with Crippen LogP contribution in [0.4, 0.5) is 18.9 Å². The maximum atomic E-state index is 12.2. The first-order valence-electron chi connectivity index (χ1n) is 4.58. The summed E-state index contributed by atoms with van der Waals surface area (Å²) in [5.41, 5.74) is 5.02. The number of anilines is 1. The van der Waals surface area contributed by atoms with Gasteiger partial charge in [-0.25, -0.2) is 4.79 Å². The standard InChI is InChI=1S/C10H10F3NO3/c1-5(10(11,12)13)17-6-2-3-8(14)7(4-6)9(15)16/h2-5H,14H2,1H3,(H,15,16). The van der Waals surface area contributed by atoms with E-state index in [9.17, 15) is 18.0 Å². The molecule has 0 aliphatic rings. The minimum absolute atomic E-state index is 0.0375. The molecule has 1 rings (SSSR count). The maximum absolute atomic E-state index is 12.2. The predicted octanol–water partition coefficient (Wildman–Crippen LogP) is 2.30. The lowest BCUT2D eigenvalue weighted by Crippen LogP contribution is -2.31. The molecule has 7 heteroatoms. The largest absolute Gasteiger partial charge is 0.481 e. The van der Waals surface area contributed by atoms with Crippen LogP contribution in [-0.2, 0) is 0 Å². The highest BCUT2D eigenvalue weighted by molar-refractivity contribution is 5.94. The van der Waals surface area contributed by atoms with Gasteiger partial charge in [0.2, 0.25) is 0 Å². The third-order valence-corrected chi connectivity index (χ3v) is 2.03. The van der Waals surface area contributed by atoms with Gasteiger partial charge >= 0.3 is 12.1 Å². The van der Waals surface area contributed by atoms with Gasteiger partial charge < -0.3 is 15.6 Å². The number of hydrogen-bond donors (Lipinski definition) is 2. The average Bonchev–Trinajstić information content (AvgIpc) is 2.19. The number of nitrogen functional groups attached to an aromatic ring is 1. The molecule has 1 aromatic rings. The Morgan fingerprint density at radius 3 is 2.53 bits per heavy atom. The number of aromatic carboxylic acids is 1. The first-order valence-corrected chi connectivity index (χ1v) is 4.58. The fourth-order valence-corrected chi connectivity index (χ4v) is 1.06. The lowest BCUT2D eigenvalue weighted by atomic mass is 10.2. The molecule has 0 radical (unpaired) electrons. The van der Waals surface area contributed by atoms with Crippen LogP contribution in [0.3, 0.4) is 0 Å². The Morgan fingerprint density at radius 1 is 1.47 bits per heavy atom. The van der Waals surface area contributed by atoms with Gasteiger partial charge in [-0.15, -0.1) is 0 Å². The third kappa shape index (κ3) is 3.27. The lowest BCUT2D eigenvalue weighted by molar-refractivity contribution is -0.189. The van der Waals surface area contributed by atoms with E-state index in [-0.39, 0.29) is 17.0 Å². The normalized spacial score (nSPS) is 13.2. The van der Waals surface area contributed by atoms with Gasteiger partial charge in [0.1, 0.15) is 5.75 Å². The van der Waals surface area contributed by atoms with Gasteiger partial charge in [0.05, 0.1) is 5.56 Å². The molecule has 1 unspecified atom stereocenters. The highest BCUT2D eigenvalue weighted by atomic mass is 19.4. The molecule has 0 amide bonds. The number of halogens is 3. The van der Waals surface area contributed by atoms with E-state index >= 15 is 0 Å². The Hall–Kier alpha value is -1.92. The molecule has 0 aromatic heterocycles. The molecular formula is C10H10F3NO3. The Bertz CT molecular complexity index is 431. The van der Waals surface area contributed by atoms with Gasteiger partial charge in [0.25, 0.3) is 0 Å². The second kappa shape index (κ2) is 4.52. The Labute approximate surface area is 94.8 Å². The summed E-state index contributed by atoms with van der Waals surface area (Å²) in [7, 11) is 0. The fourth-order valence-electron chi connectivity index (χ4n) is 1.06. The van der Waals surface area contributed by atoms with E-state index < -0.39 is 18.2 Å². The van der Waals surface area contributed by atoms with Gasteiger partial charge in [-0.3, -0.25) is 0 Å². The second-order valence-electron chi connectivity index (χ2n) is 3.36. The van der Waals surface area contributed by atoms with Gasteiger partial charge in [-0.2, -0.15) is 13.2 Å². The molecule has 4 nitrogen and oxygen atoms in total. The molecule has 3 N–H and O–H groups in total. The number of ether oxygens (including phenoxy) is 1. The summed E-state index contributed by atoms with van der Waals surface area (Å²) >= 11 is 0. The number of hydrogen-bond acceptors (Lipinski definition) is 3. The Morgan fingerprint density at radius 2 is 2.06 bits per heavy atom. The highest BCUT2D eigenvalue weighted by Gasteiger charge is 2.38. The smallest absolute Gasteiger partial charge is 0.425 e. The van der Waals surface area contributed by atoms with Crippen molar-refractivity contribution in [2.24, 2.45) is 0 Å². The number of nitrogens with two attached hydrogens (primary N) is 1. The van der Waals surface area contributed by atoms with E-state index in [1.54, 1.807) is 0 Å². The van der Waals surface area contributed by atoms with Crippen molar-refractivity contribution in [2.45, 2.75) is 19.2 Å². The molecule has 94 valence electrons. The first-order chi connectivity index (χ1) is 7.71. The van der Waals surface area contributed by atoms with Crippen LogP contribution in [0.1, 0.15) is 17.3 Å². The van der Waals surface area contributed by atoms with Crippen molar-refractivity contribution in [2.75, 3.05) is 5.73 Å². The average molecular weight is 249 g/mol. The van der Waals surface area contributed by atoms with Gasteiger partial charge in [-0.05, 0) is 25.1 Å². The summed E-state index contributed by atoms with van der Waals surface area (Å²) in [6.45, 7) is 0.830. The summed E-state index contributed by atoms with van der Waals surface area (Å²) < 4.78 is 41.2. The van der Waals surface area contributed by atoms with E-state index in [0.29, 0.717) is 0 Å². The van der Waals surface area contributed by atoms with Crippen molar-refractivity contribution in [3.8, 4) is 5.75 Å². The summed E-state index contributed by atoms with van der Waals surface area (Å²) in [6.07, 6.45) is -6.53. The van der Waals surface area contributed by atoms with Crippen LogP contribution in [0.25, 0.3) is 0 Å². The van der Waals surface area contributed by atoms with Crippen molar-refractivity contribution >= 4 is 11.7 Å². The van der Waals surface area contributed by atoms with E-state index in [1.807, 2.05) is 0 Å². The summed E-state index contributed by atoms with van der Waals surface area (Å²) in [5, 5.41) is 8.73. The first kappa shape index (κ1) is 13.1. The molecule has 0 spiro atoms. The van der Waals surface area contributed by atoms with Crippen LogP contribution < -0.4 is 10.5 Å². The molecule has 0 heterocycles. The van der Waals surface area contributed by atoms with Crippen LogP contribution in [0.2, 0.25) is 0 Å². The van der Waals surface area contributed by atoms with Crippen molar-refractivity contribution in [1.29, 1.82) is 0 Å². The van der Waals surface area contributed by atoms with Crippen molar-refractivity contribution in [1.82, 2.24) is 0 Å². The molecule has 0 aliphatic heterocycles. The molecule has 0 aliphatic carbocycles. The van der Waals surface area contributed by atoms with Gasteiger partial charge in [0.15, 0.2) is 6.10 Å². The van der Waals surface area contributed by atoms with E-state index in [0.717, 1.165) is 13.0 Å². The molecule has 17 heavy (non-hydrogen) atoms. The quantitative estimate of drug-likeness (QED) is 0.806. The SMILES string of the molecule is CC(Oc1ccc(N)c(C(=O)O)c1)C(F)(F)F. The second-order valence-corrected chi connectivity index (χ2v) is 3.36. The monoisotopic (exact) mass is 249 g/mol. The number of carboxylic acid groups (broad SMARTS) is 1. The van der Waals surface area contributed by atoms with Crippen LogP contribution in [0.15, 0.2) is 18.2 Å². The van der Waals surface area contributed by atoms with E-state index in [4.69, 9.17) is 10.8 Å². The van der Waals surface area contributed by atoms with Crippen LogP contribution in [0.5, 0.6) is 5.75 Å². The number of carboxylic acids is 1. The molecule has 0 bridgehead atoms. The predicted molar refractivity (Wildman–Crippen MR) is 54.0 cm³/mol. The van der Waals surface area contributed by atoms with Gasteiger partial charge in [-0.1, -0.05) is 0 Å². The number of alkyl halides is 3. The molecule has 0 saturated heterocycles. The summed E-state index contributed by atoms with van der Waals surface area (Å²) in [4.78, 5) is 10.7. The third-order valence-electron chi connectivity index (χ3n) is 2.03. The maximum Gasteiger partial charge on any atom is 0.425 e. The molecule has 1 aromatic carbocycles. The van der Waals surface area contributed by atoms with Crippen molar-refractivity contribution in [3.05, 3.63) is 23.8 Å². The van der Waals surface area contributed by atoms with Gasteiger partial charge in [0, 0.05) is 5.69 Å². The summed E-state index contributed by atoms with van der Waals surface area (Å²) in [6, 6.07) is 3.33. The zero-order valence-electron chi connectivity index (χ0n) is 8.78. The van der Waals surface area contributed by atoms with Crippen molar-refractivity contribution < 1.29 is 27.8 Å². The van der Waals surface area contributed by atoms with Crippen molar-refractivity contribution in [3.63, 3.8) is 0 Å². The Kier molecular flexibility index (Phi) is 3.50. The zero-order valence-corrected chi connectivity index (χ0v) is 8.78. The molecular weight excluding hydrogens is 239 g/mol. The summed E-state index contributed by atoms with van der Waals surface area (Å²) in [5.74, 6) is -1.52. The lowest BCUT2D eigenvalue weighted by Gasteiger charge is -2.18. The highest BCUT2D eigenvalue weighted by Crippen LogP contribution is 2.26. The molecule has 0 saturated carbocycles. The molecule has 0 fully saturated rings. The number of carbonyl (C=O) groups is 1. The van der Waals surface area contributed by atoms with E-state index in [1.165, 1.54) is 12.1 Å². The topological polar surface area (TPSA) is 72.5 Å². The van der Waals surface area contributed by atoms with Crippen LogP contribution in [0, 0.1) is 0 Å². The number of rotatable bonds is 3. The minimum Gasteiger partial charge on any atom is -0.481 e. The Balaban J connectivity index is 2.94. The van der Waals surface area contributed by atoms with Crippen LogP contribution in [-0.4, -0.2) is 23.4 Å². The minimum atomic E-state index is -4.51. The molecule has 1 atom stereocenters. The fraction of sp³-hybridized carbons (Fsp3) is 0.300. The number of benzene rings is 1. The van der Waals surface area contributed by atoms with E-state index in [2.05, 4.69) is 4.74 Å².